The van der Waals surface area contributed by atoms with Gasteiger partial charge < -0.3 is 9.88 Å². The molecule has 1 amide bonds. The Morgan fingerprint density at radius 2 is 1.88 bits per heavy atom. The van der Waals surface area contributed by atoms with E-state index in [0.29, 0.717) is 36.4 Å². The number of amides is 1. The van der Waals surface area contributed by atoms with Gasteiger partial charge in [0.15, 0.2) is 0 Å². The molecule has 168 valence electrons. The second kappa shape index (κ2) is 8.84. The number of benzene rings is 1. The average molecular weight is 455 g/mol. The van der Waals surface area contributed by atoms with Crippen molar-refractivity contribution < 1.29 is 13.2 Å². The van der Waals surface area contributed by atoms with Gasteiger partial charge in [-0.3, -0.25) is 9.59 Å². The number of fused-ring (bicyclic) bond motifs is 1. The Bertz CT molecular complexity index is 1340. The number of sulfonamides is 1. The average Bonchev–Trinajstić information content (AvgIpc) is 2.80. The van der Waals surface area contributed by atoms with Crippen molar-refractivity contribution in [3.05, 3.63) is 64.1 Å². The molecule has 1 aliphatic heterocycles. The summed E-state index contributed by atoms with van der Waals surface area (Å²) in [6.07, 6.45) is 4.21. The molecule has 8 nitrogen and oxygen atoms in total. The Kier molecular flexibility index (Phi) is 6.12. The first-order valence-corrected chi connectivity index (χ1v) is 12.2. The number of aryl methyl sites for hydroxylation is 2. The van der Waals surface area contributed by atoms with Gasteiger partial charge in [-0.05, 0) is 57.0 Å². The van der Waals surface area contributed by atoms with Gasteiger partial charge in [-0.2, -0.15) is 4.31 Å². The largest absolute Gasteiger partial charge is 0.332 e. The van der Waals surface area contributed by atoms with Crippen LogP contribution >= 0.6 is 0 Å². The van der Waals surface area contributed by atoms with Gasteiger partial charge in [-0.15, -0.1) is 0 Å². The molecule has 0 bridgehead atoms. The molecule has 3 heterocycles. The van der Waals surface area contributed by atoms with E-state index in [-0.39, 0.29) is 10.5 Å². The van der Waals surface area contributed by atoms with E-state index in [9.17, 15) is 18.0 Å². The number of nitrogens with one attached hydrogen (secondary N) is 1. The first-order valence-electron chi connectivity index (χ1n) is 10.7. The van der Waals surface area contributed by atoms with E-state index in [1.165, 1.54) is 22.6 Å². The summed E-state index contributed by atoms with van der Waals surface area (Å²) in [6, 6.07) is 9.57. The van der Waals surface area contributed by atoms with Gasteiger partial charge in [0.05, 0.1) is 10.3 Å². The minimum Gasteiger partial charge on any atom is -0.332 e. The predicted octanol–water partition coefficient (Wildman–Crippen LogP) is 3.15. The molecule has 32 heavy (non-hydrogen) atoms. The Labute approximate surface area is 186 Å². The van der Waals surface area contributed by atoms with Crippen LogP contribution in [0.15, 0.2) is 52.3 Å². The molecule has 1 saturated heterocycles. The number of anilines is 1. The van der Waals surface area contributed by atoms with Gasteiger partial charge in [0.25, 0.3) is 5.91 Å². The first-order chi connectivity index (χ1) is 15.3. The molecule has 0 aliphatic carbocycles. The Hall–Kier alpha value is -3.04. The number of hydrogen-bond acceptors (Lipinski definition) is 5. The minimum atomic E-state index is -3.63. The maximum atomic E-state index is 13.0. The predicted molar refractivity (Wildman–Crippen MR) is 123 cm³/mol. The number of rotatable bonds is 5. The molecule has 1 fully saturated rings. The molecule has 4 rings (SSSR count). The quantitative estimate of drug-likeness (QED) is 0.638. The van der Waals surface area contributed by atoms with Gasteiger partial charge in [0, 0.05) is 37.2 Å². The number of hydrogen-bond donors (Lipinski definition) is 1. The molecule has 1 N–H and O–H groups in total. The van der Waals surface area contributed by atoms with Crippen molar-refractivity contribution in [3.63, 3.8) is 0 Å². The number of nitrogens with zero attached hydrogens (tertiary/aromatic N) is 3. The summed E-state index contributed by atoms with van der Waals surface area (Å²) in [5, 5.41) is 3.05. The highest BCUT2D eigenvalue weighted by Crippen LogP contribution is 2.23. The number of carbonyl (C=O) groups excluding carboxylic acids is 1. The van der Waals surface area contributed by atoms with Crippen molar-refractivity contribution in [3.8, 4) is 0 Å². The van der Waals surface area contributed by atoms with E-state index < -0.39 is 21.4 Å². The van der Waals surface area contributed by atoms with E-state index >= 15 is 0 Å². The molecule has 9 heteroatoms. The second-order valence-electron chi connectivity index (χ2n) is 7.93. The van der Waals surface area contributed by atoms with E-state index in [1.54, 1.807) is 28.8 Å². The molecule has 2 aromatic heterocycles. The van der Waals surface area contributed by atoms with Crippen LogP contribution in [0.4, 0.5) is 5.69 Å². The number of pyridine rings is 2. The first kappa shape index (κ1) is 22.2. The fourth-order valence-corrected chi connectivity index (χ4v) is 5.51. The van der Waals surface area contributed by atoms with Crippen LogP contribution in [0, 0.1) is 6.92 Å². The number of piperidine rings is 1. The van der Waals surface area contributed by atoms with Crippen LogP contribution in [0.3, 0.4) is 0 Å². The summed E-state index contributed by atoms with van der Waals surface area (Å²) in [6.45, 7) is 5.29. The third kappa shape index (κ3) is 4.18. The topological polar surface area (TPSA) is 101 Å². The summed E-state index contributed by atoms with van der Waals surface area (Å²) in [5.74, 6) is -0.591. The highest BCUT2D eigenvalue weighted by molar-refractivity contribution is 7.89. The van der Waals surface area contributed by atoms with Crippen molar-refractivity contribution in [1.82, 2.24) is 13.9 Å². The number of carbonyl (C=O) groups is 1. The van der Waals surface area contributed by atoms with Crippen LogP contribution in [0.5, 0.6) is 0 Å². The Morgan fingerprint density at radius 3 is 2.59 bits per heavy atom. The summed E-state index contributed by atoms with van der Waals surface area (Å²) in [5.41, 5.74) is 1.20. The van der Waals surface area contributed by atoms with E-state index in [1.807, 2.05) is 13.8 Å². The molecule has 1 aliphatic rings. The Balaban J connectivity index is 1.66. The molecule has 0 atom stereocenters. The van der Waals surface area contributed by atoms with Crippen LogP contribution in [-0.2, 0) is 16.6 Å². The highest BCUT2D eigenvalue weighted by Gasteiger charge is 2.26. The standard InChI is InChI=1S/C23H26N4O4S/c1-3-26-15-20(21(28)19-11-10-16(2)24-22(19)26)23(29)25-17-8-7-9-18(14-17)32(30,31)27-12-5-4-6-13-27/h7-11,14-15H,3-6,12-13H2,1-2H3,(H,25,29). The van der Waals surface area contributed by atoms with Crippen molar-refractivity contribution in [2.75, 3.05) is 18.4 Å². The molecule has 3 aromatic rings. The van der Waals surface area contributed by atoms with Crippen molar-refractivity contribution >= 4 is 32.7 Å². The lowest BCUT2D eigenvalue weighted by Gasteiger charge is -2.26. The molecule has 0 radical (unpaired) electrons. The van der Waals surface area contributed by atoms with Crippen LogP contribution in [0.25, 0.3) is 11.0 Å². The molecular formula is C23H26N4O4S. The van der Waals surface area contributed by atoms with Gasteiger partial charge >= 0.3 is 0 Å². The van der Waals surface area contributed by atoms with Crippen molar-refractivity contribution in [1.29, 1.82) is 0 Å². The zero-order valence-electron chi connectivity index (χ0n) is 18.2. The minimum absolute atomic E-state index is 0.0192. The maximum Gasteiger partial charge on any atom is 0.261 e. The molecule has 0 spiro atoms. The summed E-state index contributed by atoms with van der Waals surface area (Å²) < 4.78 is 29.2. The molecule has 0 saturated carbocycles. The van der Waals surface area contributed by atoms with Crippen LogP contribution in [0.1, 0.15) is 42.2 Å². The monoisotopic (exact) mass is 454 g/mol. The third-order valence-electron chi connectivity index (χ3n) is 5.69. The smallest absolute Gasteiger partial charge is 0.261 e. The van der Waals surface area contributed by atoms with E-state index in [0.717, 1.165) is 25.0 Å². The lowest BCUT2D eigenvalue weighted by Crippen LogP contribution is -2.35. The maximum absolute atomic E-state index is 13.0. The van der Waals surface area contributed by atoms with E-state index in [2.05, 4.69) is 10.3 Å². The second-order valence-corrected chi connectivity index (χ2v) is 9.87. The highest BCUT2D eigenvalue weighted by atomic mass is 32.2. The van der Waals surface area contributed by atoms with E-state index in [4.69, 9.17) is 0 Å². The fraction of sp³-hybridized carbons (Fsp3) is 0.348. The molecular weight excluding hydrogens is 428 g/mol. The van der Waals surface area contributed by atoms with Gasteiger partial charge in [-0.1, -0.05) is 12.5 Å². The van der Waals surface area contributed by atoms with Gasteiger partial charge in [0.2, 0.25) is 15.5 Å². The summed E-state index contributed by atoms with van der Waals surface area (Å²) in [4.78, 5) is 30.5. The van der Waals surface area contributed by atoms with Crippen LogP contribution < -0.4 is 10.7 Å². The van der Waals surface area contributed by atoms with Crippen LogP contribution in [0.2, 0.25) is 0 Å². The summed E-state index contributed by atoms with van der Waals surface area (Å²) >= 11 is 0. The normalized spacial score (nSPS) is 15.1. The lowest BCUT2D eigenvalue weighted by molar-refractivity contribution is 0.102. The zero-order valence-corrected chi connectivity index (χ0v) is 19.0. The van der Waals surface area contributed by atoms with Crippen LogP contribution in [-0.4, -0.2) is 41.3 Å². The van der Waals surface area contributed by atoms with Crippen molar-refractivity contribution in [2.45, 2.75) is 44.6 Å². The zero-order chi connectivity index (χ0) is 22.9. The fourth-order valence-electron chi connectivity index (χ4n) is 3.95. The van der Waals surface area contributed by atoms with Gasteiger partial charge in [-0.25, -0.2) is 13.4 Å². The molecule has 1 aromatic carbocycles. The number of aromatic nitrogens is 2. The van der Waals surface area contributed by atoms with Gasteiger partial charge in [0.1, 0.15) is 11.2 Å². The Morgan fingerprint density at radius 1 is 1.12 bits per heavy atom. The lowest BCUT2D eigenvalue weighted by atomic mass is 10.1. The third-order valence-corrected chi connectivity index (χ3v) is 7.59. The molecule has 0 unspecified atom stereocenters. The van der Waals surface area contributed by atoms with Crippen molar-refractivity contribution in [2.24, 2.45) is 0 Å². The SMILES string of the molecule is CCn1cc(C(=O)Nc2cccc(S(=O)(=O)N3CCCCC3)c2)c(=O)c2ccc(C)nc21. The summed E-state index contributed by atoms with van der Waals surface area (Å²) in [7, 11) is -3.63.